The Labute approximate surface area is 204 Å². The maximum Gasteiger partial charge on any atom is 0.326 e. The summed E-state index contributed by atoms with van der Waals surface area (Å²) >= 11 is 1.56. The molecule has 1 N–H and O–H groups in total. The van der Waals surface area contributed by atoms with E-state index in [1.807, 2.05) is 30.5 Å². The lowest BCUT2D eigenvalue weighted by Gasteiger charge is -2.35. The summed E-state index contributed by atoms with van der Waals surface area (Å²) in [7, 11) is 0. The predicted molar refractivity (Wildman–Crippen MR) is 131 cm³/mol. The first kappa shape index (κ1) is 22.8. The van der Waals surface area contributed by atoms with Gasteiger partial charge < -0.3 is 9.84 Å². The highest BCUT2D eigenvalue weighted by Crippen LogP contribution is 2.39. The number of carbonyl (C=O) groups is 1. The molecule has 9 heteroatoms. The molecule has 6 nitrogen and oxygen atoms in total. The first-order valence-electron chi connectivity index (χ1n) is 10.8. The van der Waals surface area contributed by atoms with Gasteiger partial charge in [-0.05, 0) is 61.2 Å². The molecule has 1 aliphatic heterocycles. The van der Waals surface area contributed by atoms with Crippen LogP contribution in [0.1, 0.15) is 24.4 Å². The minimum Gasteiger partial charge on any atom is -0.334 e. The van der Waals surface area contributed by atoms with Gasteiger partial charge in [0, 0.05) is 16.2 Å². The van der Waals surface area contributed by atoms with E-state index >= 15 is 0 Å². The van der Waals surface area contributed by atoms with Crippen LogP contribution in [0.4, 0.5) is 19.3 Å². The van der Waals surface area contributed by atoms with Crippen LogP contribution >= 0.6 is 11.8 Å². The van der Waals surface area contributed by atoms with Crippen molar-refractivity contribution >= 4 is 29.1 Å². The number of urea groups is 1. The van der Waals surface area contributed by atoms with E-state index in [1.165, 1.54) is 29.2 Å². The van der Waals surface area contributed by atoms with Crippen molar-refractivity contribution in [1.82, 2.24) is 15.5 Å². The second kappa shape index (κ2) is 9.34. The number of nitrogens with zero attached hydrogens (tertiary/aromatic N) is 3. The Morgan fingerprint density at radius 1 is 1.00 bits per heavy atom. The number of aromatic nitrogens is 2. The van der Waals surface area contributed by atoms with Gasteiger partial charge in [0.15, 0.2) is 0 Å². The highest BCUT2D eigenvalue weighted by atomic mass is 32.2. The van der Waals surface area contributed by atoms with Gasteiger partial charge in [0.2, 0.25) is 5.82 Å². The number of benzene rings is 3. The summed E-state index contributed by atoms with van der Waals surface area (Å²) in [6.07, 6.45) is 1.95. The highest BCUT2D eigenvalue weighted by Gasteiger charge is 2.36. The van der Waals surface area contributed by atoms with Gasteiger partial charge in [-0.3, -0.25) is 4.90 Å². The Morgan fingerprint density at radius 3 is 2.49 bits per heavy atom. The Morgan fingerprint density at radius 2 is 1.74 bits per heavy atom. The van der Waals surface area contributed by atoms with Crippen molar-refractivity contribution < 1.29 is 18.1 Å². The van der Waals surface area contributed by atoms with Gasteiger partial charge in [0.05, 0.1) is 17.3 Å². The van der Waals surface area contributed by atoms with E-state index in [4.69, 9.17) is 4.52 Å². The molecule has 4 aromatic rings. The first-order chi connectivity index (χ1) is 16.9. The van der Waals surface area contributed by atoms with E-state index < -0.39 is 17.7 Å². The van der Waals surface area contributed by atoms with Crippen molar-refractivity contribution in [2.45, 2.75) is 17.9 Å². The molecular formula is C26H20F2N4O2S. The SMILES string of the molecule is CSc1cccc(N2C(=O)NC(c3cccc(F)c3)C(c3nc(-c4cccc(F)c4)no3)=C2C)c1. The quantitative estimate of drug-likeness (QED) is 0.326. The van der Waals surface area contributed by atoms with Crippen molar-refractivity contribution in [3.63, 3.8) is 0 Å². The molecule has 0 bridgehead atoms. The number of thioether (sulfide) groups is 1. The molecule has 0 fully saturated rings. The molecule has 5 rings (SSSR count). The first-order valence-corrected chi connectivity index (χ1v) is 12.0. The summed E-state index contributed by atoms with van der Waals surface area (Å²) in [6, 6.07) is 18.3. The fourth-order valence-corrected chi connectivity index (χ4v) is 4.55. The lowest BCUT2D eigenvalue weighted by atomic mass is 9.94. The second-order valence-corrected chi connectivity index (χ2v) is 8.79. The maximum absolute atomic E-state index is 14.1. The van der Waals surface area contributed by atoms with Gasteiger partial charge in [-0.2, -0.15) is 4.98 Å². The van der Waals surface area contributed by atoms with Crippen molar-refractivity contribution in [3.05, 3.63) is 102 Å². The van der Waals surface area contributed by atoms with Gasteiger partial charge in [-0.1, -0.05) is 35.5 Å². The van der Waals surface area contributed by atoms with Crippen LogP contribution in [0.25, 0.3) is 17.0 Å². The smallest absolute Gasteiger partial charge is 0.326 e. The molecule has 1 aromatic heterocycles. The summed E-state index contributed by atoms with van der Waals surface area (Å²) in [5.41, 5.74) is 2.70. The predicted octanol–water partition coefficient (Wildman–Crippen LogP) is 6.44. The number of hydrogen-bond donors (Lipinski definition) is 1. The topological polar surface area (TPSA) is 71.3 Å². The van der Waals surface area contributed by atoms with E-state index in [2.05, 4.69) is 15.5 Å². The van der Waals surface area contributed by atoms with Crippen molar-refractivity contribution in [2.75, 3.05) is 11.2 Å². The second-order valence-electron chi connectivity index (χ2n) is 7.91. The molecule has 0 radical (unpaired) electrons. The van der Waals surface area contributed by atoms with Crippen molar-refractivity contribution in [1.29, 1.82) is 0 Å². The lowest BCUT2D eigenvalue weighted by Crippen LogP contribution is -2.46. The third kappa shape index (κ3) is 4.42. The average Bonchev–Trinajstić information content (AvgIpc) is 3.34. The summed E-state index contributed by atoms with van der Waals surface area (Å²) in [5.74, 6) is -0.519. The summed E-state index contributed by atoms with van der Waals surface area (Å²) < 4.78 is 33.5. The monoisotopic (exact) mass is 490 g/mol. The van der Waals surface area contributed by atoms with E-state index in [-0.39, 0.29) is 17.7 Å². The number of carbonyl (C=O) groups excluding carboxylic acids is 1. The lowest BCUT2D eigenvalue weighted by molar-refractivity contribution is 0.244. The normalized spacial score (nSPS) is 15.9. The number of anilines is 1. The van der Waals surface area contributed by atoms with E-state index in [0.717, 1.165) is 4.90 Å². The van der Waals surface area contributed by atoms with Crippen LogP contribution in [0.3, 0.4) is 0 Å². The molecule has 0 aliphatic carbocycles. The molecule has 1 unspecified atom stereocenters. The molecule has 1 atom stereocenters. The molecule has 0 saturated heterocycles. The minimum atomic E-state index is -0.737. The van der Waals surface area contributed by atoms with Gasteiger partial charge in [-0.15, -0.1) is 11.8 Å². The Hall–Kier alpha value is -3.98. The molecule has 176 valence electrons. The van der Waals surface area contributed by atoms with Gasteiger partial charge in [0.1, 0.15) is 11.6 Å². The van der Waals surface area contributed by atoms with Crippen LogP contribution in [0.15, 0.2) is 87.9 Å². The van der Waals surface area contributed by atoms with E-state index in [0.29, 0.717) is 28.1 Å². The summed E-state index contributed by atoms with van der Waals surface area (Å²) in [6.45, 7) is 1.78. The number of amides is 2. The van der Waals surface area contributed by atoms with Gasteiger partial charge >= 0.3 is 6.03 Å². The van der Waals surface area contributed by atoms with Crippen molar-refractivity contribution in [2.24, 2.45) is 0 Å². The fourth-order valence-electron chi connectivity index (χ4n) is 4.09. The van der Waals surface area contributed by atoms with Crippen LogP contribution < -0.4 is 10.2 Å². The molecule has 2 amide bonds. The fraction of sp³-hybridized carbons (Fsp3) is 0.115. The summed E-state index contributed by atoms with van der Waals surface area (Å²) in [5, 5.41) is 6.98. The minimum absolute atomic E-state index is 0.141. The summed E-state index contributed by atoms with van der Waals surface area (Å²) in [4.78, 5) is 20.3. The highest BCUT2D eigenvalue weighted by molar-refractivity contribution is 7.98. The molecule has 0 spiro atoms. The maximum atomic E-state index is 14.1. The number of halogens is 2. The van der Waals surface area contributed by atoms with Gasteiger partial charge in [-0.25, -0.2) is 13.6 Å². The molecule has 1 aliphatic rings. The van der Waals surface area contributed by atoms with Crippen molar-refractivity contribution in [3.8, 4) is 11.4 Å². The Bertz CT molecular complexity index is 1450. The molecule has 0 saturated carbocycles. The average molecular weight is 491 g/mol. The van der Waals surface area contributed by atoms with Crippen LogP contribution in [-0.2, 0) is 0 Å². The number of hydrogen-bond acceptors (Lipinski definition) is 5. The van der Waals surface area contributed by atoms with Gasteiger partial charge in [0.25, 0.3) is 5.89 Å². The standard InChI is InChI=1S/C26H20F2N4O2S/c1-15-22(25-30-24(31-34-25)17-7-4-9-19(28)13-17)23(16-6-3-8-18(27)12-16)29-26(33)32(15)20-10-5-11-21(14-20)35-2/h3-14,23H,1-2H3,(H,29,33). The molecule has 35 heavy (non-hydrogen) atoms. The van der Waals surface area contributed by atoms with Crippen LogP contribution in [0, 0.1) is 11.6 Å². The van der Waals surface area contributed by atoms with E-state index in [9.17, 15) is 13.6 Å². The van der Waals surface area contributed by atoms with Crippen LogP contribution in [0.2, 0.25) is 0 Å². The largest absolute Gasteiger partial charge is 0.334 e. The Kier molecular flexibility index (Phi) is 6.08. The Balaban J connectivity index is 1.67. The third-order valence-electron chi connectivity index (χ3n) is 5.72. The van der Waals surface area contributed by atoms with Crippen LogP contribution in [-0.4, -0.2) is 22.4 Å². The molecule has 2 heterocycles. The number of nitrogens with one attached hydrogen (secondary N) is 1. The number of allylic oxidation sites excluding steroid dienone is 1. The molecule has 3 aromatic carbocycles. The van der Waals surface area contributed by atoms with E-state index in [1.54, 1.807) is 43.0 Å². The zero-order chi connectivity index (χ0) is 24.5. The molecular weight excluding hydrogens is 470 g/mol. The zero-order valence-corrected chi connectivity index (χ0v) is 19.6. The number of rotatable bonds is 5. The third-order valence-corrected chi connectivity index (χ3v) is 6.44. The van der Waals surface area contributed by atoms with Crippen LogP contribution in [0.5, 0.6) is 0 Å². The zero-order valence-electron chi connectivity index (χ0n) is 18.8.